The Balaban J connectivity index is 1.43. The maximum atomic E-state index is 13.0. The molecule has 0 aromatic carbocycles. The van der Waals surface area contributed by atoms with Gasteiger partial charge in [0.2, 0.25) is 0 Å². The van der Waals surface area contributed by atoms with Crippen molar-refractivity contribution in [1.82, 2.24) is 0 Å². The van der Waals surface area contributed by atoms with Crippen LogP contribution in [0.4, 0.5) is 0 Å². The van der Waals surface area contributed by atoms with E-state index in [1.807, 2.05) is 6.08 Å². The van der Waals surface area contributed by atoms with Crippen LogP contribution in [-0.2, 0) is 23.9 Å². The molecule has 1 N–H and O–H groups in total. The van der Waals surface area contributed by atoms with Crippen molar-refractivity contribution in [2.75, 3.05) is 6.61 Å². The summed E-state index contributed by atoms with van der Waals surface area (Å²) >= 11 is 0. The van der Waals surface area contributed by atoms with E-state index in [0.717, 1.165) is 44.9 Å². The lowest BCUT2D eigenvalue weighted by atomic mass is 9.46. The molecule has 0 saturated heterocycles. The van der Waals surface area contributed by atoms with E-state index in [1.54, 1.807) is 0 Å². The molecule has 0 aliphatic heterocycles. The summed E-state index contributed by atoms with van der Waals surface area (Å²) in [6.07, 6.45) is 9.11. The van der Waals surface area contributed by atoms with Crippen molar-refractivity contribution in [1.29, 1.82) is 0 Å². The number of rotatable bonds is 6. The molecular weight excluding hydrogens is 396 g/mol. The first-order valence-electron chi connectivity index (χ1n) is 11.8. The van der Waals surface area contributed by atoms with Gasteiger partial charge < -0.3 is 9.84 Å². The van der Waals surface area contributed by atoms with Crippen LogP contribution in [0.3, 0.4) is 0 Å². The van der Waals surface area contributed by atoms with Gasteiger partial charge in [-0.05, 0) is 79.6 Å². The summed E-state index contributed by atoms with van der Waals surface area (Å²) in [5, 5.41) is 8.68. The van der Waals surface area contributed by atoms with Gasteiger partial charge in [0, 0.05) is 12.3 Å². The van der Waals surface area contributed by atoms with Crippen LogP contribution >= 0.6 is 0 Å². The van der Waals surface area contributed by atoms with E-state index in [-0.39, 0.29) is 47.8 Å². The van der Waals surface area contributed by atoms with Crippen LogP contribution in [0.1, 0.15) is 78.1 Å². The van der Waals surface area contributed by atoms with Crippen LogP contribution in [-0.4, -0.2) is 35.2 Å². The number of fused-ring (bicyclic) bond motifs is 5. The second-order valence-electron chi connectivity index (χ2n) is 10.7. The highest BCUT2D eigenvalue weighted by Crippen LogP contribution is 2.66. The highest BCUT2D eigenvalue weighted by molar-refractivity contribution is 5.91. The lowest BCUT2D eigenvalue weighted by molar-refractivity contribution is -0.152. The minimum Gasteiger partial charge on any atom is -0.481 e. The maximum Gasteiger partial charge on any atom is 0.306 e. The summed E-state index contributed by atoms with van der Waals surface area (Å²) in [5.74, 6) is 0.168. The molecular formula is C25H34O6. The zero-order valence-electron chi connectivity index (χ0n) is 18.7. The van der Waals surface area contributed by atoms with E-state index in [0.29, 0.717) is 24.2 Å². The predicted octanol–water partition coefficient (Wildman–Crippen LogP) is 4.11. The van der Waals surface area contributed by atoms with Gasteiger partial charge in [0.25, 0.3) is 0 Å². The number of aliphatic carboxylic acids is 1. The fourth-order valence-electron chi connectivity index (χ4n) is 7.62. The van der Waals surface area contributed by atoms with Crippen LogP contribution in [0.15, 0.2) is 11.6 Å². The number of ketones is 2. The van der Waals surface area contributed by atoms with E-state index in [2.05, 4.69) is 13.8 Å². The summed E-state index contributed by atoms with van der Waals surface area (Å²) in [5.41, 5.74) is 1.42. The van der Waals surface area contributed by atoms with Gasteiger partial charge in [-0.1, -0.05) is 19.4 Å². The topological polar surface area (TPSA) is 97.7 Å². The highest BCUT2D eigenvalue weighted by atomic mass is 16.5. The molecule has 0 spiro atoms. The molecule has 3 saturated carbocycles. The number of allylic oxidation sites excluding steroid dienone is 1. The predicted molar refractivity (Wildman–Crippen MR) is 113 cm³/mol. The van der Waals surface area contributed by atoms with E-state index >= 15 is 0 Å². The first-order chi connectivity index (χ1) is 14.6. The fourth-order valence-corrected chi connectivity index (χ4v) is 7.62. The Morgan fingerprint density at radius 2 is 1.81 bits per heavy atom. The molecule has 170 valence electrons. The second kappa shape index (κ2) is 8.18. The summed E-state index contributed by atoms with van der Waals surface area (Å²) in [6, 6.07) is 0. The van der Waals surface area contributed by atoms with Crippen molar-refractivity contribution in [2.45, 2.75) is 78.1 Å². The van der Waals surface area contributed by atoms with Crippen LogP contribution in [0.25, 0.3) is 0 Å². The lowest BCUT2D eigenvalue weighted by Crippen LogP contribution is -2.51. The summed E-state index contributed by atoms with van der Waals surface area (Å²) in [4.78, 5) is 47.3. The smallest absolute Gasteiger partial charge is 0.306 e. The van der Waals surface area contributed by atoms with Crippen LogP contribution < -0.4 is 0 Å². The quantitative estimate of drug-likeness (QED) is 0.637. The molecule has 0 bridgehead atoms. The standard InChI is InChI=1S/C25H34O6/c1-24-11-9-16(26)13-15(24)3-4-17-18-5-6-20(25(18,2)12-10-19(17)24)21(27)14-31-23(30)8-7-22(28)29/h13,17-20H,3-12,14H2,1-2H3,(H,28,29)/t17-,18-,19-,20-,24+,25+/m1/s1. The Kier molecular flexibility index (Phi) is 5.86. The van der Waals surface area contributed by atoms with E-state index in [9.17, 15) is 19.2 Å². The molecule has 6 heteroatoms. The Morgan fingerprint density at radius 1 is 1.03 bits per heavy atom. The molecule has 4 aliphatic rings. The SMILES string of the molecule is C[C@]12CC[C@@H]3[C@H](CCC4=CC(=O)CC[C@@]43C)[C@H]1CC[C@@H]2C(=O)COC(=O)CCC(=O)O. The van der Waals surface area contributed by atoms with Gasteiger partial charge in [-0.2, -0.15) is 0 Å². The lowest BCUT2D eigenvalue weighted by Gasteiger charge is -2.58. The van der Waals surface area contributed by atoms with E-state index in [4.69, 9.17) is 9.84 Å². The number of carbonyl (C=O) groups is 4. The number of esters is 1. The molecule has 0 heterocycles. The molecule has 0 aromatic rings. The second-order valence-corrected chi connectivity index (χ2v) is 10.7. The molecule has 4 aliphatic carbocycles. The Labute approximate surface area is 183 Å². The largest absolute Gasteiger partial charge is 0.481 e. The molecule has 6 atom stereocenters. The van der Waals surface area contributed by atoms with Gasteiger partial charge in [-0.25, -0.2) is 0 Å². The average molecular weight is 431 g/mol. The molecule has 6 nitrogen and oxygen atoms in total. The first kappa shape index (κ1) is 22.2. The monoisotopic (exact) mass is 430 g/mol. The van der Waals surface area contributed by atoms with Crippen molar-refractivity contribution >= 4 is 23.5 Å². The number of hydrogen-bond acceptors (Lipinski definition) is 5. The Hall–Kier alpha value is -1.98. The molecule has 31 heavy (non-hydrogen) atoms. The number of ether oxygens (including phenoxy) is 1. The molecule has 3 fully saturated rings. The zero-order valence-corrected chi connectivity index (χ0v) is 18.7. The third-order valence-electron chi connectivity index (χ3n) is 9.27. The van der Waals surface area contributed by atoms with Crippen LogP contribution in [0.5, 0.6) is 0 Å². The van der Waals surface area contributed by atoms with Gasteiger partial charge in [-0.3, -0.25) is 19.2 Å². The molecule has 0 radical (unpaired) electrons. The maximum absolute atomic E-state index is 13.0. The van der Waals surface area contributed by atoms with Crippen molar-refractivity contribution in [3.8, 4) is 0 Å². The van der Waals surface area contributed by atoms with Crippen molar-refractivity contribution in [3.05, 3.63) is 11.6 Å². The molecule has 4 rings (SSSR count). The number of Topliss-reactive ketones (excluding diaryl/α,β-unsaturated/α-hetero) is 1. The van der Waals surface area contributed by atoms with E-state index in [1.165, 1.54) is 5.57 Å². The fraction of sp³-hybridized carbons (Fsp3) is 0.760. The van der Waals surface area contributed by atoms with Gasteiger partial charge >= 0.3 is 11.9 Å². The summed E-state index contributed by atoms with van der Waals surface area (Å²) in [7, 11) is 0. The molecule has 0 amide bonds. The first-order valence-corrected chi connectivity index (χ1v) is 11.8. The van der Waals surface area contributed by atoms with Gasteiger partial charge in [0.15, 0.2) is 11.6 Å². The minimum absolute atomic E-state index is 0.0157. The number of carboxylic acid groups (broad SMARTS) is 1. The van der Waals surface area contributed by atoms with Crippen molar-refractivity contribution < 1.29 is 29.0 Å². The highest BCUT2D eigenvalue weighted by Gasteiger charge is 2.60. The number of carboxylic acids is 1. The Morgan fingerprint density at radius 3 is 2.55 bits per heavy atom. The summed E-state index contributed by atoms with van der Waals surface area (Å²) in [6.45, 7) is 4.37. The van der Waals surface area contributed by atoms with Crippen LogP contribution in [0.2, 0.25) is 0 Å². The number of hydrogen-bond donors (Lipinski definition) is 1. The molecule has 0 unspecified atom stereocenters. The minimum atomic E-state index is -1.05. The van der Waals surface area contributed by atoms with Crippen molar-refractivity contribution in [2.24, 2.45) is 34.5 Å². The average Bonchev–Trinajstić information content (AvgIpc) is 3.08. The van der Waals surface area contributed by atoms with Gasteiger partial charge in [-0.15, -0.1) is 0 Å². The third-order valence-corrected chi connectivity index (χ3v) is 9.27. The van der Waals surface area contributed by atoms with Gasteiger partial charge in [0.05, 0.1) is 12.8 Å². The normalized spacial score (nSPS) is 39.0. The van der Waals surface area contributed by atoms with Gasteiger partial charge in [0.1, 0.15) is 6.61 Å². The Bertz CT molecular complexity index is 828. The van der Waals surface area contributed by atoms with Crippen molar-refractivity contribution in [3.63, 3.8) is 0 Å². The summed E-state index contributed by atoms with van der Waals surface area (Å²) < 4.78 is 5.10. The number of carbonyl (C=O) groups excluding carboxylic acids is 3. The third kappa shape index (κ3) is 3.87. The molecule has 0 aromatic heterocycles. The van der Waals surface area contributed by atoms with E-state index < -0.39 is 11.9 Å². The zero-order chi connectivity index (χ0) is 22.4. The van der Waals surface area contributed by atoms with Crippen LogP contribution in [0, 0.1) is 34.5 Å².